The van der Waals surface area contributed by atoms with E-state index in [4.69, 9.17) is 9.47 Å². The van der Waals surface area contributed by atoms with Crippen LogP contribution in [0.15, 0.2) is 48.8 Å². The van der Waals surface area contributed by atoms with Crippen molar-refractivity contribution in [2.24, 2.45) is 0 Å². The van der Waals surface area contributed by atoms with Crippen molar-refractivity contribution in [1.82, 2.24) is 9.55 Å². The Kier molecular flexibility index (Phi) is 4.89. The number of hydrogen-bond acceptors (Lipinski definition) is 4. The normalized spacial score (nSPS) is 16.0. The largest absolute Gasteiger partial charge is 0.493 e. The second-order valence-electron chi connectivity index (χ2n) is 6.81. The van der Waals surface area contributed by atoms with Crippen molar-refractivity contribution < 1.29 is 27.4 Å². The molecule has 1 N–H and O–H groups in total. The highest BCUT2D eigenvalue weighted by atomic mass is 19.4. The Balaban J connectivity index is 1.80. The topological polar surface area (TPSA) is 65.4 Å². The third kappa shape index (κ3) is 3.47. The molecule has 1 amide bonds. The van der Waals surface area contributed by atoms with Crippen LogP contribution in [-0.4, -0.2) is 29.7 Å². The zero-order valence-electron chi connectivity index (χ0n) is 16.2. The van der Waals surface area contributed by atoms with Gasteiger partial charge in [-0.3, -0.25) is 4.79 Å². The fourth-order valence-electron chi connectivity index (χ4n) is 3.61. The lowest BCUT2D eigenvalue weighted by atomic mass is 9.89. The first kappa shape index (κ1) is 19.8. The monoisotopic (exact) mass is 417 g/mol. The van der Waals surface area contributed by atoms with E-state index in [9.17, 15) is 18.0 Å². The SMILES string of the molecule is COc1ccc([C@@H]2CC(=O)Nc3ncn(-c4ccc(C(F)(F)F)cc4)c32)cc1OC. The van der Waals surface area contributed by atoms with Crippen LogP contribution in [0.3, 0.4) is 0 Å². The molecular formula is C21H18F3N3O3. The van der Waals surface area contributed by atoms with Crippen molar-refractivity contribution in [2.45, 2.75) is 18.5 Å². The van der Waals surface area contributed by atoms with Gasteiger partial charge in [-0.25, -0.2) is 4.98 Å². The standard InChI is InChI=1S/C21H18F3N3O3/c1-29-16-8-3-12(9-17(16)30-2)15-10-18(28)26-20-19(15)27(11-25-20)14-6-4-13(5-7-14)21(22,23)24/h3-9,11,15H,10H2,1-2H3,(H,26,28)/t15-/m0/s1. The summed E-state index contributed by atoms with van der Waals surface area (Å²) in [5.74, 6) is 0.894. The summed E-state index contributed by atoms with van der Waals surface area (Å²) in [5, 5.41) is 2.73. The number of nitrogens with one attached hydrogen (secondary N) is 1. The number of ether oxygens (including phenoxy) is 2. The molecule has 4 rings (SSSR count). The van der Waals surface area contributed by atoms with Crippen LogP contribution >= 0.6 is 0 Å². The molecule has 0 radical (unpaired) electrons. The number of alkyl halides is 3. The van der Waals surface area contributed by atoms with Crippen LogP contribution in [0.5, 0.6) is 11.5 Å². The van der Waals surface area contributed by atoms with Gasteiger partial charge in [0.2, 0.25) is 5.91 Å². The number of carbonyl (C=O) groups excluding carboxylic acids is 1. The van der Waals surface area contributed by atoms with Crippen molar-refractivity contribution in [2.75, 3.05) is 19.5 Å². The van der Waals surface area contributed by atoms with E-state index in [0.29, 0.717) is 28.7 Å². The van der Waals surface area contributed by atoms with Gasteiger partial charge in [0.25, 0.3) is 0 Å². The average molecular weight is 417 g/mol. The molecule has 1 aromatic heterocycles. The molecule has 30 heavy (non-hydrogen) atoms. The van der Waals surface area contributed by atoms with E-state index < -0.39 is 11.7 Å². The van der Waals surface area contributed by atoms with Crippen LogP contribution in [0.25, 0.3) is 5.69 Å². The maximum absolute atomic E-state index is 12.9. The Labute approximate surface area is 170 Å². The second-order valence-corrected chi connectivity index (χ2v) is 6.81. The number of halogens is 3. The number of nitrogens with zero attached hydrogens (tertiary/aromatic N) is 2. The van der Waals surface area contributed by atoms with Crippen LogP contribution in [0.1, 0.15) is 29.2 Å². The lowest BCUT2D eigenvalue weighted by molar-refractivity contribution is -0.137. The van der Waals surface area contributed by atoms with Crippen LogP contribution in [0.4, 0.5) is 19.0 Å². The lowest BCUT2D eigenvalue weighted by Gasteiger charge is -2.25. The van der Waals surface area contributed by atoms with Crippen molar-refractivity contribution in [3.05, 3.63) is 65.6 Å². The third-order valence-electron chi connectivity index (χ3n) is 5.06. The smallest absolute Gasteiger partial charge is 0.416 e. The van der Waals surface area contributed by atoms with Crippen molar-refractivity contribution in [3.8, 4) is 17.2 Å². The minimum atomic E-state index is -4.41. The molecule has 1 aliphatic heterocycles. The molecule has 0 aliphatic carbocycles. The Hall–Kier alpha value is -3.49. The number of aromatic nitrogens is 2. The summed E-state index contributed by atoms with van der Waals surface area (Å²) in [6.07, 6.45) is -2.76. The summed E-state index contributed by atoms with van der Waals surface area (Å²) in [4.78, 5) is 16.5. The number of rotatable bonds is 4. The predicted molar refractivity (Wildman–Crippen MR) is 103 cm³/mol. The van der Waals surface area contributed by atoms with Gasteiger partial charge in [0.15, 0.2) is 17.3 Å². The predicted octanol–water partition coefficient (Wildman–Crippen LogP) is 4.38. The molecule has 3 aromatic rings. The minimum Gasteiger partial charge on any atom is -0.493 e. The molecule has 1 aliphatic rings. The van der Waals surface area contributed by atoms with Gasteiger partial charge < -0.3 is 19.4 Å². The number of imidazole rings is 1. The molecule has 0 bridgehead atoms. The van der Waals surface area contributed by atoms with Gasteiger partial charge in [-0.05, 0) is 42.0 Å². The van der Waals surface area contributed by atoms with Crippen LogP contribution in [-0.2, 0) is 11.0 Å². The van der Waals surface area contributed by atoms with E-state index in [0.717, 1.165) is 17.7 Å². The summed E-state index contributed by atoms with van der Waals surface area (Å²) in [6, 6.07) is 10.2. The number of methoxy groups -OCH3 is 2. The number of fused-ring (bicyclic) bond motifs is 1. The van der Waals surface area contributed by atoms with E-state index >= 15 is 0 Å². The maximum Gasteiger partial charge on any atom is 0.416 e. The first-order valence-corrected chi connectivity index (χ1v) is 9.08. The van der Waals surface area contributed by atoms with Gasteiger partial charge in [-0.15, -0.1) is 0 Å². The number of hydrogen-bond donors (Lipinski definition) is 1. The quantitative estimate of drug-likeness (QED) is 0.684. The van der Waals surface area contributed by atoms with Gasteiger partial charge >= 0.3 is 6.18 Å². The fraction of sp³-hybridized carbons (Fsp3) is 0.238. The molecule has 0 saturated heterocycles. The molecule has 0 unspecified atom stereocenters. The van der Waals surface area contributed by atoms with E-state index in [1.165, 1.54) is 32.7 Å². The number of anilines is 1. The summed E-state index contributed by atoms with van der Waals surface area (Å²) in [5.41, 5.74) is 1.27. The molecular weight excluding hydrogens is 399 g/mol. The zero-order chi connectivity index (χ0) is 21.5. The van der Waals surface area contributed by atoms with E-state index in [-0.39, 0.29) is 18.2 Å². The van der Waals surface area contributed by atoms with Crippen LogP contribution < -0.4 is 14.8 Å². The van der Waals surface area contributed by atoms with Crippen molar-refractivity contribution in [1.29, 1.82) is 0 Å². The van der Waals surface area contributed by atoms with Crippen LogP contribution in [0, 0.1) is 0 Å². The molecule has 6 nitrogen and oxygen atoms in total. The maximum atomic E-state index is 12.9. The highest BCUT2D eigenvalue weighted by molar-refractivity contribution is 5.94. The molecule has 2 heterocycles. The van der Waals surface area contributed by atoms with Crippen molar-refractivity contribution in [3.63, 3.8) is 0 Å². The van der Waals surface area contributed by atoms with Crippen molar-refractivity contribution >= 4 is 11.7 Å². The van der Waals surface area contributed by atoms with Gasteiger partial charge in [-0.1, -0.05) is 6.07 Å². The Bertz CT molecular complexity index is 1090. The fourth-order valence-corrected chi connectivity index (χ4v) is 3.61. The third-order valence-corrected chi connectivity index (χ3v) is 5.06. The average Bonchev–Trinajstić information content (AvgIpc) is 3.15. The summed E-state index contributed by atoms with van der Waals surface area (Å²) < 4.78 is 51.1. The minimum absolute atomic E-state index is 0.162. The molecule has 0 fully saturated rings. The van der Waals surface area contributed by atoms with E-state index in [2.05, 4.69) is 10.3 Å². The summed E-state index contributed by atoms with van der Waals surface area (Å²) >= 11 is 0. The molecule has 1 atom stereocenters. The van der Waals surface area contributed by atoms with Crippen LogP contribution in [0.2, 0.25) is 0 Å². The highest BCUT2D eigenvalue weighted by Crippen LogP contribution is 2.41. The van der Waals surface area contributed by atoms with Gasteiger partial charge in [0.1, 0.15) is 6.33 Å². The second kappa shape index (κ2) is 7.40. The van der Waals surface area contributed by atoms with Gasteiger partial charge in [0, 0.05) is 18.0 Å². The lowest BCUT2D eigenvalue weighted by Crippen LogP contribution is -2.25. The molecule has 2 aromatic carbocycles. The first-order valence-electron chi connectivity index (χ1n) is 9.08. The molecule has 0 saturated carbocycles. The molecule has 156 valence electrons. The van der Waals surface area contributed by atoms with Gasteiger partial charge in [-0.2, -0.15) is 13.2 Å². The Morgan fingerprint density at radius 2 is 1.77 bits per heavy atom. The Morgan fingerprint density at radius 3 is 2.40 bits per heavy atom. The summed E-state index contributed by atoms with van der Waals surface area (Å²) in [6.45, 7) is 0. The summed E-state index contributed by atoms with van der Waals surface area (Å²) in [7, 11) is 3.05. The van der Waals surface area contributed by atoms with Gasteiger partial charge in [0.05, 0.1) is 25.5 Å². The van der Waals surface area contributed by atoms with E-state index in [1.807, 2.05) is 6.07 Å². The number of carbonyl (C=O) groups is 1. The number of amides is 1. The first-order chi connectivity index (χ1) is 14.3. The van der Waals surface area contributed by atoms with E-state index in [1.54, 1.807) is 16.7 Å². The Morgan fingerprint density at radius 1 is 1.07 bits per heavy atom. The number of benzene rings is 2. The molecule has 9 heteroatoms. The molecule has 0 spiro atoms. The zero-order valence-corrected chi connectivity index (χ0v) is 16.2. The highest BCUT2D eigenvalue weighted by Gasteiger charge is 2.33.